The van der Waals surface area contributed by atoms with Gasteiger partial charge in [-0.05, 0) is 12.8 Å². The summed E-state index contributed by atoms with van der Waals surface area (Å²) in [6.07, 6.45) is 2.30. The van der Waals surface area contributed by atoms with Crippen molar-refractivity contribution in [3.05, 3.63) is 12.7 Å². The van der Waals surface area contributed by atoms with Gasteiger partial charge in [0.25, 0.3) is 0 Å². The van der Waals surface area contributed by atoms with Crippen molar-refractivity contribution in [1.29, 1.82) is 0 Å². The molecule has 162 valence electrons. The predicted molar refractivity (Wildman–Crippen MR) is 92.7 cm³/mol. The number of fused-ring (bicyclic) bond motifs is 1. The fourth-order valence-corrected chi connectivity index (χ4v) is 5.62. The minimum Gasteiger partial charge on any atom is -0.382 e. The van der Waals surface area contributed by atoms with Crippen LogP contribution in [0.2, 0.25) is 0 Å². The molecule has 1 fully saturated rings. The molecule has 3 rings (SSSR count). The number of hydrogen-bond acceptors (Lipinski definition) is 11. The van der Waals surface area contributed by atoms with Crippen molar-refractivity contribution in [1.82, 2.24) is 19.5 Å². The summed E-state index contributed by atoms with van der Waals surface area (Å²) < 4.78 is 52.7. The second kappa shape index (κ2) is 9.69. The Hall–Kier alpha value is -0.280. The molecule has 1 aliphatic rings. The number of phosphoric ester groups is 1. The number of anilines is 1. The molecule has 2 aromatic heterocycles. The molecule has 0 spiro atoms. The van der Waals surface area contributed by atoms with Crippen molar-refractivity contribution >= 4 is 40.4 Å². The van der Waals surface area contributed by atoms with Crippen molar-refractivity contribution in [2.24, 2.45) is 0 Å². The van der Waals surface area contributed by atoms with Crippen LogP contribution < -0.4 is 35.3 Å². The molecular formula is C10H16N5NaO11P3+. The molecule has 16 nitrogen and oxygen atoms in total. The first-order valence-corrected chi connectivity index (χ1v) is 12.2. The summed E-state index contributed by atoms with van der Waals surface area (Å²) in [5.41, 5.74) is 6.53. The van der Waals surface area contributed by atoms with Gasteiger partial charge in [-0.2, -0.15) is 8.62 Å². The molecule has 20 heteroatoms. The van der Waals surface area contributed by atoms with E-state index >= 15 is 0 Å². The molecule has 0 bridgehead atoms. The number of imidazole rings is 1. The Bertz CT molecular complexity index is 1050. The van der Waals surface area contributed by atoms with Crippen molar-refractivity contribution in [3.63, 3.8) is 0 Å². The predicted octanol–water partition coefficient (Wildman–Crippen LogP) is -2.57. The van der Waals surface area contributed by atoms with E-state index in [0.717, 1.165) is 0 Å². The van der Waals surface area contributed by atoms with Crippen molar-refractivity contribution in [3.8, 4) is 0 Å². The maximum atomic E-state index is 11.7. The topological polar surface area (TPSA) is 239 Å². The third-order valence-electron chi connectivity index (χ3n) is 3.62. The van der Waals surface area contributed by atoms with E-state index in [0.29, 0.717) is 24.0 Å². The van der Waals surface area contributed by atoms with Gasteiger partial charge in [0, 0.05) is 0 Å². The van der Waals surface area contributed by atoms with E-state index in [1.807, 2.05) is 0 Å². The molecule has 0 saturated carbocycles. The van der Waals surface area contributed by atoms with E-state index in [-0.39, 0.29) is 35.4 Å². The Morgan fingerprint density at radius 3 is 2.47 bits per heavy atom. The molecule has 2 aromatic rings. The van der Waals surface area contributed by atoms with Gasteiger partial charge in [-0.25, -0.2) is 28.6 Å². The molecule has 0 radical (unpaired) electrons. The Balaban J connectivity index is 0.00000320. The van der Waals surface area contributed by atoms with Crippen LogP contribution in [0, 0.1) is 0 Å². The molecule has 4 atom stereocenters. The van der Waals surface area contributed by atoms with Gasteiger partial charge in [-0.15, -0.1) is 0 Å². The fraction of sp³-hybridized carbons (Fsp3) is 0.500. The van der Waals surface area contributed by atoms with E-state index in [4.69, 9.17) is 25.2 Å². The monoisotopic (exact) mass is 498 g/mol. The Labute approximate surface area is 190 Å². The number of nitrogens with zero attached hydrogens (tertiary/aromatic N) is 4. The summed E-state index contributed by atoms with van der Waals surface area (Å²) in [4.78, 5) is 47.6. The molecule has 6 N–H and O–H groups in total. The molecule has 30 heavy (non-hydrogen) atoms. The first kappa shape index (κ1) is 26.0. The minimum absolute atomic E-state index is 0. The molecular weight excluding hydrogens is 482 g/mol. The van der Waals surface area contributed by atoms with Crippen molar-refractivity contribution in [2.45, 2.75) is 25.2 Å². The summed E-state index contributed by atoms with van der Waals surface area (Å²) in [6.45, 7) is -0.524. The zero-order chi connectivity index (χ0) is 21.4. The number of aromatic nitrogens is 4. The third-order valence-corrected chi connectivity index (χ3v) is 7.42. The number of phosphoric acid groups is 3. The fourth-order valence-electron chi connectivity index (χ4n) is 2.58. The second-order valence-corrected chi connectivity index (χ2v) is 10.2. The summed E-state index contributed by atoms with van der Waals surface area (Å²) >= 11 is 0. The maximum Gasteiger partial charge on any atom is 1.00 e. The molecule has 0 aliphatic carbocycles. The molecule has 1 saturated heterocycles. The van der Waals surface area contributed by atoms with Crippen LogP contribution >= 0.6 is 23.5 Å². The van der Waals surface area contributed by atoms with Gasteiger partial charge < -0.3 is 30.0 Å². The summed E-state index contributed by atoms with van der Waals surface area (Å²) in [5, 5.41) is 0. The SMILES string of the molecule is Nc1ncnc2c1ncn2[C@H]1CC[C@@H](COP(=O)(O)OP(=O)(O)OP(=O)(O)O)O1.[Na+]. The maximum absolute atomic E-state index is 11.7. The van der Waals surface area contributed by atoms with Gasteiger partial charge in [0.05, 0.1) is 19.0 Å². The van der Waals surface area contributed by atoms with Gasteiger partial charge in [0.15, 0.2) is 11.5 Å². The number of nitrogen functional groups attached to an aromatic ring is 1. The van der Waals surface area contributed by atoms with E-state index in [9.17, 15) is 18.6 Å². The number of ether oxygens (including phenoxy) is 1. The van der Waals surface area contributed by atoms with Gasteiger partial charge in [0.2, 0.25) is 0 Å². The Morgan fingerprint density at radius 2 is 1.80 bits per heavy atom. The van der Waals surface area contributed by atoms with Crippen LogP contribution in [-0.4, -0.2) is 51.8 Å². The van der Waals surface area contributed by atoms with Crippen molar-refractivity contribution in [2.75, 3.05) is 12.3 Å². The van der Waals surface area contributed by atoms with Crippen LogP contribution in [0.25, 0.3) is 11.2 Å². The Morgan fingerprint density at radius 1 is 1.10 bits per heavy atom. The molecule has 0 aromatic carbocycles. The quantitative estimate of drug-likeness (QED) is 0.186. The molecule has 3 heterocycles. The van der Waals surface area contributed by atoms with E-state index in [2.05, 4.69) is 28.1 Å². The van der Waals surface area contributed by atoms with Crippen LogP contribution in [0.1, 0.15) is 19.1 Å². The summed E-state index contributed by atoms with van der Waals surface area (Å²) in [6, 6.07) is 0. The molecule has 0 amide bonds. The molecule has 1 aliphatic heterocycles. The van der Waals surface area contributed by atoms with Crippen LogP contribution in [0.3, 0.4) is 0 Å². The first-order valence-electron chi connectivity index (χ1n) is 7.72. The van der Waals surface area contributed by atoms with Gasteiger partial charge >= 0.3 is 53.0 Å². The smallest absolute Gasteiger partial charge is 0.382 e. The van der Waals surface area contributed by atoms with E-state index in [1.165, 1.54) is 12.7 Å². The Kier molecular flexibility index (Phi) is 8.39. The second-order valence-electron chi connectivity index (χ2n) is 5.76. The third kappa shape index (κ3) is 6.86. The number of hydrogen-bond donors (Lipinski definition) is 5. The van der Waals surface area contributed by atoms with Crippen molar-refractivity contribution < 1.29 is 80.7 Å². The number of nitrogens with two attached hydrogens (primary N) is 1. The van der Waals surface area contributed by atoms with Crippen LogP contribution in [0.15, 0.2) is 12.7 Å². The standard InChI is InChI=1S/C10H16N5O11P3.Na/c11-9-8-10(13-4-12-9)15(5-14-8)7-2-1-6(24-7)3-23-28(19,20)26-29(21,22)25-27(16,17)18;/h4-7H,1-3H2,(H,19,20)(H,21,22)(H2,11,12,13)(H2,16,17,18);/q;+1/t6-,7+;/m0./s1. The minimum atomic E-state index is -5.56. The summed E-state index contributed by atoms with van der Waals surface area (Å²) in [5.74, 6) is 0.191. The average Bonchev–Trinajstić information content (AvgIpc) is 3.16. The van der Waals surface area contributed by atoms with Gasteiger partial charge in [-0.1, -0.05) is 0 Å². The average molecular weight is 498 g/mol. The van der Waals surface area contributed by atoms with Crippen LogP contribution in [-0.2, 0) is 31.6 Å². The van der Waals surface area contributed by atoms with E-state index in [1.54, 1.807) is 4.57 Å². The zero-order valence-electron chi connectivity index (χ0n) is 15.3. The summed E-state index contributed by atoms with van der Waals surface area (Å²) in [7, 11) is -16.2. The van der Waals surface area contributed by atoms with Crippen LogP contribution in [0.4, 0.5) is 5.82 Å². The van der Waals surface area contributed by atoms with E-state index < -0.39 is 42.4 Å². The van der Waals surface area contributed by atoms with Crippen LogP contribution in [0.5, 0.6) is 0 Å². The zero-order valence-corrected chi connectivity index (χ0v) is 20.0. The number of rotatable bonds is 8. The first-order chi connectivity index (χ1) is 13.4. The normalized spacial score (nSPS) is 23.6. The largest absolute Gasteiger partial charge is 1.00 e. The molecule has 2 unspecified atom stereocenters. The van der Waals surface area contributed by atoms with Gasteiger partial charge in [0.1, 0.15) is 18.1 Å². The van der Waals surface area contributed by atoms with Gasteiger partial charge in [-0.3, -0.25) is 9.09 Å².